The number of nitrogens with one attached hydrogen (secondary N) is 2. The Hall–Kier alpha value is -1.57. The van der Waals surface area contributed by atoms with Crippen LogP contribution in [0.5, 0.6) is 0 Å². The number of hydrogen-bond acceptors (Lipinski definition) is 6. The van der Waals surface area contributed by atoms with Crippen LogP contribution in [-0.4, -0.2) is 52.8 Å². The molecule has 116 valence electrons. The highest BCUT2D eigenvalue weighted by atomic mass is 32.1. The van der Waals surface area contributed by atoms with Gasteiger partial charge in [-0.15, -0.1) is 0 Å². The molecule has 2 fully saturated rings. The van der Waals surface area contributed by atoms with Crippen LogP contribution in [0.25, 0.3) is 11.0 Å². The first-order chi connectivity index (χ1) is 10.7. The molecule has 1 amide bonds. The molecule has 2 aliphatic rings. The Bertz CT molecular complexity index is 705. The maximum atomic E-state index is 13.0. The first kappa shape index (κ1) is 14.0. The molecule has 1 aromatic carbocycles. The lowest BCUT2D eigenvalue weighted by Crippen LogP contribution is -2.47. The quantitative estimate of drug-likeness (QED) is 0.861. The van der Waals surface area contributed by atoms with Gasteiger partial charge in [-0.1, -0.05) is 6.07 Å². The van der Waals surface area contributed by atoms with E-state index in [2.05, 4.69) is 19.4 Å². The van der Waals surface area contributed by atoms with Crippen molar-refractivity contribution in [1.82, 2.24) is 24.3 Å². The molecule has 2 aliphatic heterocycles. The molecule has 1 aromatic heterocycles. The number of rotatable bonds is 3. The number of carbonyl (C=O) groups is 1. The molecule has 0 radical (unpaired) electrons. The Balaban J connectivity index is 1.53. The van der Waals surface area contributed by atoms with Crippen molar-refractivity contribution in [2.45, 2.75) is 6.54 Å². The predicted molar refractivity (Wildman–Crippen MR) is 85.6 cm³/mol. The molecule has 0 atom stereocenters. The highest BCUT2D eigenvalue weighted by Gasteiger charge is 2.52. The lowest BCUT2D eigenvalue weighted by Gasteiger charge is -2.31. The van der Waals surface area contributed by atoms with Crippen LogP contribution in [-0.2, 0) is 11.3 Å². The zero-order valence-corrected chi connectivity index (χ0v) is 13.3. The summed E-state index contributed by atoms with van der Waals surface area (Å²) in [6, 6.07) is 6.03. The monoisotopic (exact) mass is 317 g/mol. The summed E-state index contributed by atoms with van der Waals surface area (Å²) in [6.07, 6.45) is 0. The van der Waals surface area contributed by atoms with Gasteiger partial charge in [-0.05, 0) is 17.7 Å². The van der Waals surface area contributed by atoms with Gasteiger partial charge in [-0.2, -0.15) is 8.75 Å². The van der Waals surface area contributed by atoms with Crippen molar-refractivity contribution >= 4 is 28.7 Å². The van der Waals surface area contributed by atoms with E-state index in [9.17, 15) is 4.79 Å². The average molecular weight is 317 g/mol. The van der Waals surface area contributed by atoms with Gasteiger partial charge in [0.1, 0.15) is 11.0 Å². The predicted octanol–water partition coefficient (Wildman–Crippen LogP) is 0.459. The van der Waals surface area contributed by atoms with Crippen LogP contribution in [0, 0.1) is 11.3 Å². The average Bonchev–Trinajstić information content (AvgIpc) is 3.20. The van der Waals surface area contributed by atoms with E-state index in [1.54, 1.807) is 0 Å². The van der Waals surface area contributed by atoms with Crippen LogP contribution in [0.3, 0.4) is 0 Å². The first-order valence-corrected chi connectivity index (χ1v) is 8.30. The molecule has 7 heteroatoms. The smallest absolute Gasteiger partial charge is 0.231 e. The maximum Gasteiger partial charge on any atom is 0.231 e. The summed E-state index contributed by atoms with van der Waals surface area (Å²) in [5, 5.41) is 6.76. The minimum atomic E-state index is -0.263. The Morgan fingerprint density at radius 1 is 1.32 bits per heavy atom. The van der Waals surface area contributed by atoms with E-state index in [1.165, 1.54) is 11.7 Å². The van der Waals surface area contributed by atoms with Crippen molar-refractivity contribution < 1.29 is 4.79 Å². The molecule has 0 unspecified atom stereocenters. The highest BCUT2D eigenvalue weighted by molar-refractivity contribution is 7.00. The molecule has 3 heterocycles. The Morgan fingerprint density at radius 2 is 2.05 bits per heavy atom. The molecule has 22 heavy (non-hydrogen) atoms. The fourth-order valence-electron chi connectivity index (χ4n) is 3.73. The molecule has 2 N–H and O–H groups in total. The minimum Gasteiger partial charge on any atom is -0.341 e. The lowest BCUT2D eigenvalue weighted by molar-refractivity contribution is -0.140. The summed E-state index contributed by atoms with van der Waals surface area (Å²) < 4.78 is 8.48. The summed E-state index contributed by atoms with van der Waals surface area (Å²) in [6.45, 7) is 4.04. The number of hydrogen-bond donors (Lipinski definition) is 2. The Kier molecular flexibility index (Phi) is 3.36. The summed E-state index contributed by atoms with van der Waals surface area (Å²) >= 11 is 1.22. The van der Waals surface area contributed by atoms with Gasteiger partial charge in [-0.3, -0.25) is 4.79 Å². The molecular formula is C15H19N5OS. The van der Waals surface area contributed by atoms with Crippen molar-refractivity contribution in [3.63, 3.8) is 0 Å². The Morgan fingerprint density at radius 3 is 2.82 bits per heavy atom. The van der Waals surface area contributed by atoms with Crippen LogP contribution in [0.15, 0.2) is 18.2 Å². The van der Waals surface area contributed by atoms with Gasteiger partial charge in [0.15, 0.2) is 0 Å². The molecule has 0 saturated carbocycles. The molecule has 0 bridgehead atoms. The summed E-state index contributed by atoms with van der Waals surface area (Å²) in [4.78, 5) is 14.8. The van der Waals surface area contributed by atoms with Crippen molar-refractivity contribution in [2.24, 2.45) is 11.3 Å². The number of fused-ring (bicyclic) bond motifs is 2. The van der Waals surface area contributed by atoms with Crippen LogP contribution < -0.4 is 10.6 Å². The third-order valence-corrected chi connectivity index (χ3v) is 5.51. The number of nitrogens with zero attached hydrogens (tertiary/aromatic N) is 3. The van der Waals surface area contributed by atoms with Crippen molar-refractivity contribution in [1.29, 1.82) is 0 Å². The number of amides is 1. The highest BCUT2D eigenvalue weighted by Crippen LogP contribution is 2.36. The topological polar surface area (TPSA) is 70.2 Å². The number of benzene rings is 1. The molecule has 6 nitrogen and oxygen atoms in total. The molecule has 4 rings (SSSR count). The summed E-state index contributed by atoms with van der Waals surface area (Å²) in [5.41, 5.74) is 2.66. The zero-order valence-electron chi connectivity index (χ0n) is 12.5. The van der Waals surface area contributed by atoms with Crippen LogP contribution in [0.4, 0.5) is 0 Å². The van der Waals surface area contributed by atoms with Gasteiger partial charge >= 0.3 is 0 Å². The first-order valence-electron chi connectivity index (χ1n) is 7.57. The van der Waals surface area contributed by atoms with E-state index in [0.29, 0.717) is 12.5 Å². The Labute approximate surface area is 133 Å². The van der Waals surface area contributed by atoms with Crippen LogP contribution in [0.2, 0.25) is 0 Å². The van der Waals surface area contributed by atoms with Crippen molar-refractivity contribution in [3.05, 3.63) is 23.8 Å². The minimum absolute atomic E-state index is 0.240. The second kappa shape index (κ2) is 5.26. The van der Waals surface area contributed by atoms with E-state index in [4.69, 9.17) is 0 Å². The van der Waals surface area contributed by atoms with E-state index in [1.807, 2.05) is 30.1 Å². The largest absolute Gasteiger partial charge is 0.341 e. The SMILES string of the molecule is CN(Cc1ccc2nsnc2c1)C(=O)C12CNCC1CNC2. The fourth-order valence-corrected chi connectivity index (χ4v) is 4.25. The van der Waals surface area contributed by atoms with Gasteiger partial charge in [0.05, 0.1) is 17.1 Å². The molecule has 2 saturated heterocycles. The molecule has 0 aliphatic carbocycles. The van der Waals surface area contributed by atoms with E-state index >= 15 is 0 Å². The van der Waals surface area contributed by atoms with Crippen LogP contribution >= 0.6 is 11.7 Å². The fraction of sp³-hybridized carbons (Fsp3) is 0.533. The molecule has 0 spiro atoms. The lowest BCUT2D eigenvalue weighted by atomic mass is 9.79. The molecule has 2 aromatic rings. The second-order valence-electron chi connectivity index (χ2n) is 6.36. The van der Waals surface area contributed by atoms with Gasteiger partial charge in [0.2, 0.25) is 5.91 Å². The summed E-state index contributed by atoms with van der Waals surface area (Å²) in [5.74, 6) is 0.650. The number of carbonyl (C=O) groups excluding carboxylic acids is 1. The van der Waals surface area contributed by atoms with Gasteiger partial charge in [-0.25, -0.2) is 0 Å². The van der Waals surface area contributed by atoms with Gasteiger partial charge in [0.25, 0.3) is 0 Å². The molecular weight excluding hydrogens is 298 g/mol. The van der Waals surface area contributed by atoms with Crippen molar-refractivity contribution in [2.75, 3.05) is 33.2 Å². The van der Waals surface area contributed by atoms with Crippen molar-refractivity contribution in [3.8, 4) is 0 Å². The third kappa shape index (κ3) is 2.12. The second-order valence-corrected chi connectivity index (χ2v) is 6.89. The van der Waals surface area contributed by atoms with Crippen LogP contribution in [0.1, 0.15) is 5.56 Å². The van der Waals surface area contributed by atoms with E-state index in [0.717, 1.165) is 42.8 Å². The van der Waals surface area contributed by atoms with Gasteiger partial charge < -0.3 is 15.5 Å². The third-order valence-electron chi connectivity index (χ3n) is 4.95. The van der Waals surface area contributed by atoms with Gasteiger partial charge in [0, 0.05) is 45.7 Å². The maximum absolute atomic E-state index is 13.0. The standard InChI is InChI=1S/C15H19N5OS/c1-20(7-10-2-3-12-13(4-10)19-22-18-12)14(21)15-8-16-5-11(15)6-17-9-15/h2-4,11,16-17H,5-9H2,1H3. The zero-order chi connectivity index (χ0) is 15.2. The number of aromatic nitrogens is 2. The summed E-state index contributed by atoms with van der Waals surface area (Å²) in [7, 11) is 1.90. The van der Waals surface area contributed by atoms with E-state index < -0.39 is 0 Å². The van der Waals surface area contributed by atoms with E-state index in [-0.39, 0.29) is 11.3 Å². The normalized spacial score (nSPS) is 27.2.